The Morgan fingerprint density at radius 3 is 2.48 bits per heavy atom. The number of rotatable bonds is 7. The second kappa shape index (κ2) is 8.63. The molecule has 0 spiro atoms. The molecule has 0 heterocycles. The lowest BCUT2D eigenvalue weighted by Gasteiger charge is -2.10. The fraction of sp³-hybridized carbons (Fsp3) is 0.263. The van der Waals surface area contributed by atoms with Gasteiger partial charge < -0.3 is 5.32 Å². The molecule has 0 unspecified atom stereocenters. The zero-order valence-electron chi connectivity index (χ0n) is 13.1. The van der Waals surface area contributed by atoms with Gasteiger partial charge in [-0.1, -0.05) is 59.6 Å². The molecule has 0 bridgehead atoms. The summed E-state index contributed by atoms with van der Waals surface area (Å²) >= 11 is 3.37. The Morgan fingerprint density at radius 1 is 1.04 bits per heavy atom. The van der Waals surface area contributed by atoms with Crippen molar-refractivity contribution >= 4 is 27.6 Å². The topological polar surface area (TPSA) is 46.2 Å². The molecule has 2 rings (SSSR count). The van der Waals surface area contributed by atoms with Crippen LogP contribution in [0.25, 0.3) is 0 Å². The molecule has 0 fully saturated rings. The summed E-state index contributed by atoms with van der Waals surface area (Å²) in [7, 11) is 0. The monoisotopic (exact) mass is 373 g/mol. The number of Topliss-reactive ketones (excluding diaryl/α,β-unsaturated/α-hetero) is 1. The molecule has 2 aromatic carbocycles. The number of benzene rings is 2. The maximum absolute atomic E-state index is 12.6. The summed E-state index contributed by atoms with van der Waals surface area (Å²) < 4.78 is 0.786. The highest BCUT2D eigenvalue weighted by Crippen LogP contribution is 2.19. The van der Waals surface area contributed by atoms with Crippen LogP contribution in [0.4, 0.5) is 0 Å². The molecule has 1 amide bonds. The molecule has 0 atom stereocenters. The molecule has 23 heavy (non-hydrogen) atoms. The van der Waals surface area contributed by atoms with Crippen molar-refractivity contribution in [3.63, 3.8) is 0 Å². The molecular weight excluding hydrogens is 354 g/mol. The number of hydrogen-bond donors (Lipinski definition) is 1. The first-order valence-corrected chi connectivity index (χ1v) is 8.56. The van der Waals surface area contributed by atoms with Gasteiger partial charge in [0.15, 0.2) is 5.78 Å². The first-order valence-electron chi connectivity index (χ1n) is 7.76. The van der Waals surface area contributed by atoms with Crippen molar-refractivity contribution in [2.75, 3.05) is 6.54 Å². The standard InChI is InChI=1S/C19H20BrNO2/c1-2-3-11-21-19(23)17-13-15(20)9-10-16(17)18(22)12-14-7-5-4-6-8-14/h4-10,13H,2-3,11-12H2,1H3,(H,21,23). The second-order valence-electron chi connectivity index (χ2n) is 5.38. The van der Waals surface area contributed by atoms with E-state index in [9.17, 15) is 9.59 Å². The van der Waals surface area contributed by atoms with Crippen molar-refractivity contribution in [1.29, 1.82) is 0 Å². The number of halogens is 1. The van der Waals surface area contributed by atoms with E-state index in [0.29, 0.717) is 17.7 Å². The van der Waals surface area contributed by atoms with Crippen LogP contribution in [0.5, 0.6) is 0 Å². The second-order valence-corrected chi connectivity index (χ2v) is 6.30. The largest absolute Gasteiger partial charge is 0.352 e. The van der Waals surface area contributed by atoms with E-state index in [1.54, 1.807) is 18.2 Å². The normalized spacial score (nSPS) is 10.3. The molecule has 1 N–H and O–H groups in total. The van der Waals surface area contributed by atoms with Crippen molar-refractivity contribution < 1.29 is 9.59 Å². The lowest BCUT2D eigenvalue weighted by Crippen LogP contribution is -2.26. The molecule has 0 aliphatic rings. The number of carbonyl (C=O) groups excluding carboxylic acids is 2. The third-order valence-corrected chi connectivity index (χ3v) is 4.04. The first kappa shape index (κ1) is 17.4. The molecule has 0 aliphatic heterocycles. The Bertz CT molecular complexity index is 683. The zero-order valence-corrected chi connectivity index (χ0v) is 14.7. The molecular formula is C19H20BrNO2. The van der Waals surface area contributed by atoms with Gasteiger partial charge in [0.2, 0.25) is 0 Å². The van der Waals surface area contributed by atoms with Gasteiger partial charge >= 0.3 is 0 Å². The van der Waals surface area contributed by atoms with Gasteiger partial charge in [-0.2, -0.15) is 0 Å². The summed E-state index contributed by atoms with van der Waals surface area (Å²) in [5.74, 6) is -0.250. The quantitative estimate of drug-likeness (QED) is 0.577. The molecule has 0 aliphatic carbocycles. The van der Waals surface area contributed by atoms with Crippen molar-refractivity contribution in [2.24, 2.45) is 0 Å². The molecule has 0 aromatic heterocycles. The summed E-state index contributed by atoms with van der Waals surface area (Å²) in [5, 5.41) is 2.87. The van der Waals surface area contributed by atoms with Gasteiger partial charge in [-0.25, -0.2) is 0 Å². The summed E-state index contributed by atoms with van der Waals surface area (Å²) in [5.41, 5.74) is 1.83. The van der Waals surface area contributed by atoms with E-state index in [1.165, 1.54) is 0 Å². The smallest absolute Gasteiger partial charge is 0.252 e. The van der Waals surface area contributed by atoms with Gasteiger partial charge in [-0.15, -0.1) is 0 Å². The van der Waals surface area contributed by atoms with Crippen molar-refractivity contribution in [1.82, 2.24) is 5.32 Å². The molecule has 0 saturated carbocycles. The Hall–Kier alpha value is -1.94. The zero-order chi connectivity index (χ0) is 16.7. The van der Waals surface area contributed by atoms with Crippen LogP contribution in [0.3, 0.4) is 0 Å². The van der Waals surface area contributed by atoms with Crippen LogP contribution in [0.15, 0.2) is 53.0 Å². The maximum Gasteiger partial charge on any atom is 0.252 e. The Balaban J connectivity index is 2.20. The third kappa shape index (κ3) is 5.03. The van der Waals surface area contributed by atoms with E-state index < -0.39 is 0 Å². The van der Waals surface area contributed by atoms with Gasteiger partial charge in [-0.05, 0) is 30.2 Å². The van der Waals surface area contributed by atoms with Crippen molar-refractivity contribution in [3.8, 4) is 0 Å². The van der Waals surface area contributed by atoms with Crippen molar-refractivity contribution in [3.05, 3.63) is 69.7 Å². The summed E-state index contributed by atoms with van der Waals surface area (Å²) in [6.45, 7) is 2.69. The summed E-state index contributed by atoms with van der Waals surface area (Å²) in [4.78, 5) is 25.0. The fourth-order valence-corrected chi connectivity index (χ4v) is 2.66. The molecule has 4 heteroatoms. The van der Waals surface area contributed by atoms with Gasteiger partial charge in [-0.3, -0.25) is 9.59 Å². The highest BCUT2D eigenvalue weighted by Gasteiger charge is 2.17. The maximum atomic E-state index is 12.6. The lowest BCUT2D eigenvalue weighted by molar-refractivity contribution is 0.0934. The van der Waals surface area contributed by atoms with E-state index in [2.05, 4.69) is 28.2 Å². The average molecular weight is 374 g/mol. The number of ketones is 1. The van der Waals surface area contributed by atoms with Crippen molar-refractivity contribution in [2.45, 2.75) is 26.2 Å². The van der Waals surface area contributed by atoms with Crippen LogP contribution in [-0.2, 0) is 6.42 Å². The Labute approximate surface area is 145 Å². The lowest BCUT2D eigenvalue weighted by atomic mass is 9.98. The third-order valence-electron chi connectivity index (χ3n) is 3.55. The highest BCUT2D eigenvalue weighted by atomic mass is 79.9. The summed E-state index contributed by atoms with van der Waals surface area (Å²) in [6.07, 6.45) is 2.23. The number of nitrogens with one attached hydrogen (secondary N) is 1. The van der Waals surface area contributed by atoms with E-state index in [0.717, 1.165) is 22.9 Å². The molecule has 3 nitrogen and oxygen atoms in total. The van der Waals surface area contributed by atoms with Gasteiger partial charge in [0, 0.05) is 23.0 Å². The van der Waals surface area contributed by atoms with Crippen LogP contribution in [-0.4, -0.2) is 18.2 Å². The highest BCUT2D eigenvalue weighted by molar-refractivity contribution is 9.10. The average Bonchev–Trinajstić information content (AvgIpc) is 2.55. The minimum Gasteiger partial charge on any atom is -0.352 e. The van der Waals surface area contributed by atoms with Crippen LogP contribution < -0.4 is 5.32 Å². The summed E-state index contributed by atoms with van der Waals surface area (Å²) in [6, 6.07) is 14.8. The molecule has 2 aromatic rings. The molecule has 0 saturated heterocycles. The van der Waals surface area contributed by atoms with Crippen LogP contribution in [0.2, 0.25) is 0 Å². The molecule has 120 valence electrons. The molecule has 0 radical (unpaired) electrons. The van der Waals surface area contributed by atoms with E-state index in [1.807, 2.05) is 30.3 Å². The van der Waals surface area contributed by atoms with Crippen LogP contribution in [0, 0.1) is 0 Å². The number of unbranched alkanes of at least 4 members (excludes halogenated alkanes) is 1. The Morgan fingerprint density at radius 2 is 1.78 bits per heavy atom. The van der Waals surface area contributed by atoms with Crippen LogP contribution in [0.1, 0.15) is 46.0 Å². The SMILES string of the molecule is CCCCNC(=O)c1cc(Br)ccc1C(=O)Cc1ccccc1. The number of carbonyl (C=O) groups is 2. The van der Waals surface area contributed by atoms with E-state index in [4.69, 9.17) is 0 Å². The first-order chi connectivity index (χ1) is 11.1. The minimum atomic E-state index is -0.198. The van der Waals surface area contributed by atoms with E-state index in [-0.39, 0.29) is 18.1 Å². The predicted octanol–water partition coefficient (Wildman–Crippen LogP) is 4.40. The minimum absolute atomic E-state index is 0.0515. The van der Waals surface area contributed by atoms with Gasteiger partial charge in [0.25, 0.3) is 5.91 Å². The van der Waals surface area contributed by atoms with Crippen LogP contribution >= 0.6 is 15.9 Å². The van der Waals surface area contributed by atoms with E-state index >= 15 is 0 Å². The number of amides is 1. The fourth-order valence-electron chi connectivity index (χ4n) is 2.30. The number of hydrogen-bond acceptors (Lipinski definition) is 2. The predicted molar refractivity (Wildman–Crippen MR) is 95.9 cm³/mol. The Kier molecular flexibility index (Phi) is 6.53. The van der Waals surface area contributed by atoms with Gasteiger partial charge in [0.05, 0.1) is 5.56 Å². The van der Waals surface area contributed by atoms with Gasteiger partial charge in [0.1, 0.15) is 0 Å².